The van der Waals surface area contributed by atoms with Crippen LogP contribution in [-0.4, -0.2) is 37.6 Å². The summed E-state index contributed by atoms with van der Waals surface area (Å²) in [5, 5.41) is 0. The zero-order valence-electron chi connectivity index (χ0n) is 10.4. The monoisotopic (exact) mass is 325 g/mol. The Morgan fingerprint density at radius 3 is 2.52 bits per heavy atom. The summed E-state index contributed by atoms with van der Waals surface area (Å²) < 4.78 is 69.0. The third-order valence-corrected chi connectivity index (χ3v) is 3.98. The standard InChI is InChI=1S/C11H10F3NO5S/c12-11(13,14)9-7-20-21(17,18)15(9)10(16)19-6-8-4-2-1-3-5-8/h1-5,9H,6-7H2/t9-/m1/s1. The second-order valence-corrected chi connectivity index (χ2v) is 5.62. The van der Waals surface area contributed by atoms with Gasteiger partial charge in [0.25, 0.3) is 0 Å². The second-order valence-electron chi connectivity index (χ2n) is 4.14. The third-order valence-electron chi connectivity index (χ3n) is 2.66. The molecule has 0 saturated carbocycles. The second kappa shape index (κ2) is 5.53. The molecule has 0 spiro atoms. The van der Waals surface area contributed by atoms with Crippen LogP contribution in [0.1, 0.15) is 5.56 Å². The molecule has 1 aliphatic heterocycles. The van der Waals surface area contributed by atoms with E-state index in [1.807, 2.05) is 0 Å². The molecule has 1 aliphatic rings. The Bertz CT molecular complexity index is 616. The van der Waals surface area contributed by atoms with Gasteiger partial charge >= 0.3 is 22.6 Å². The summed E-state index contributed by atoms with van der Waals surface area (Å²) in [6.45, 7) is -1.53. The Hall–Kier alpha value is -1.81. The maximum atomic E-state index is 12.7. The van der Waals surface area contributed by atoms with Crippen LogP contribution >= 0.6 is 0 Å². The molecule has 1 heterocycles. The molecule has 1 saturated heterocycles. The van der Waals surface area contributed by atoms with Gasteiger partial charge in [0, 0.05) is 0 Å². The number of carbonyl (C=O) groups is 1. The molecule has 21 heavy (non-hydrogen) atoms. The van der Waals surface area contributed by atoms with Crippen molar-refractivity contribution in [1.29, 1.82) is 0 Å². The molecule has 0 aromatic heterocycles. The fourth-order valence-corrected chi connectivity index (χ4v) is 2.80. The lowest BCUT2D eigenvalue weighted by atomic mass is 10.2. The van der Waals surface area contributed by atoms with Gasteiger partial charge in [0.1, 0.15) is 6.61 Å². The molecular formula is C11H10F3NO5S. The Labute approximate surface area is 118 Å². The van der Waals surface area contributed by atoms with Crippen LogP contribution in [0.3, 0.4) is 0 Å². The van der Waals surface area contributed by atoms with Crippen molar-refractivity contribution in [3.63, 3.8) is 0 Å². The van der Waals surface area contributed by atoms with Gasteiger partial charge in [-0.25, -0.2) is 4.79 Å². The van der Waals surface area contributed by atoms with E-state index >= 15 is 0 Å². The first kappa shape index (κ1) is 15.6. The van der Waals surface area contributed by atoms with Crippen LogP contribution in [0, 0.1) is 0 Å². The van der Waals surface area contributed by atoms with E-state index in [-0.39, 0.29) is 6.61 Å². The minimum Gasteiger partial charge on any atom is -0.444 e. The summed E-state index contributed by atoms with van der Waals surface area (Å²) in [5.74, 6) is 0. The van der Waals surface area contributed by atoms with Crippen molar-refractivity contribution in [1.82, 2.24) is 4.31 Å². The van der Waals surface area contributed by atoms with Gasteiger partial charge < -0.3 is 4.74 Å². The van der Waals surface area contributed by atoms with Gasteiger partial charge in [-0.3, -0.25) is 4.18 Å². The largest absolute Gasteiger partial charge is 0.444 e. The van der Waals surface area contributed by atoms with E-state index in [1.54, 1.807) is 30.3 Å². The average Bonchev–Trinajstić information content (AvgIpc) is 2.73. The zero-order valence-corrected chi connectivity index (χ0v) is 11.2. The van der Waals surface area contributed by atoms with Crippen LogP contribution in [0.15, 0.2) is 30.3 Å². The maximum absolute atomic E-state index is 12.7. The van der Waals surface area contributed by atoms with E-state index in [4.69, 9.17) is 0 Å². The van der Waals surface area contributed by atoms with E-state index < -0.39 is 39.5 Å². The predicted octanol–water partition coefficient (Wildman–Crippen LogP) is 1.83. The molecule has 0 N–H and O–H groups in total. The molecule has 0 aliphatic carbocycles. The molecular weight excluding hydrogens is 315 g/mol. The maximum Gasteiger partial charge on any atom is 0.426 e. The quantitative estimate of drug-likeness (QED) is 0.829. The minimum atomic E-state index is -4.94. The first-order valence-electron chi connectivity index (χ1n) is 5.68. The van der Waals surface area contributed by atoms with Crippen molar-refractivity contribution < 1.29 is 35.3 Å². The first-order chi connectivity index (χ1) is 9.72. The summed E-state index contributed by atoms with van der Waals surface area (Å²) in [6, 6.07) is 5.54. The van der Waals surface area contributed by atoms with E-state index in [9.17, 15) is 26.4 Å². The van der Waals surface area contributed by atoms with Gasteiger partial charge in [0.05, 0.1) is 6.61 Å². The Morgan fingerprint density at radius 1 is 1.33 bits per heavy atom. The summed E-state index contributed by atoms with van der Waals surface area (Å²) in [4.78, 5) is 11.6. The van der Waals surface area contributed by atoms with Gasteiger partial charge in [0.2, 0.25) is 0 Å². The van der Waals surface area contributed by atoms with Gasteiger partial charge in [0.15, 0.2) is 6.04 Å². The van der Waals surface area contributed by atoms with E-state index in [1.165, 1.54) is 0 Å². The van der Waals surface area contributed by atoms with E-state index in [2.05, 4.69) is 8.92 Å². The van der Waals surface area contributed by atoms with Crippen LogP contribution in [-0.2, 0) is 25.8 Å². The summed E-state index contributed by atoms with van der Waals surface area (Å²) in [7, 11) is -4.78. The van der Waals surface area contributed by atoms with Crippen molar-refractivity contribution in [2.24, 2.45) is 0 Å². The molecule has 0 bridgehead atoms. The minimum absolute atomic E-state index is 0.351. The number of hydrogen-bond acceptors (Lipinski definition) is 5. The molecule has 1 aromatic carbocycles. The number of hydrogen-bond donors (Lipinski definition) is 0. The predicted molar refractivity (Wildman–Crippen MR) is 63.2 cm³/mol. The smallest absolute Gasteiger partial charge is 0.426 e. The molecule has 116 valence electrons. The lowest BCUT2D eigenvalue weighted by molar-refractivity contribution is -0.167. The lowest BCUT2D eigenvalue weighted by Gasteiger charge is -2.21. The normalized spacial score (nSPS) is 21.3. The number of halogens is 3. The molecule has 1 amide bonds. The highest BCUT2D eigenvalue weighted by molar-refractivity contribution is 7.85. The molecule has 0 unspecified atom stereocenters. The molecule has 6 nitrogen and oxygen atoms in total. The highest BCUT2D eigenvalue weighted by Gasteiger charge is 2.56. The lowest BCUT2D eigenvalue weighted by Crippen LogP contribution is -2.47. The van der Waals surface area contributed by atoms with Crippen LogP contribution in [0.4, 0.5) is 18.0 Å². The highest BCUT2D eigenvalue weighted by Crippen LogP contribution is 2.32. The molecule has 10 heteroatoms. The van der Waals surface area contributed by atoms with Crippen molar-refractivity contribution in [2.75, 3.05) is 6.61 Å². The zero-order chi connectivity index (χ0) is 15.7. The summed E-state index contributed by atoms with van der Waals surface area (Å²) in [6.07, 6.45) is -6.56. The van der Waals surface area contributed by atoms with Crippen LogP contribution in [0.2, 0.25) is 0 Å². The van der Waals surface area contributed by atoms with Crippen molar-refractivity contribution >= 4 is 16.4 Å². The topological polar surface area (TPSA) is 72.9 Å². The Balaban J connectivity index is 2.12. The van der Waals surface area contributed by atoms with Gasteiger partial charge in [-0.05, 0) is 5.56 Å². The summed E-state index contributed by atoms with van der Waals surface area (Å²) in [5.41, 5.74) is 0.506. The Morgan fingerprint density at radius 2 is 1.95 bits per heavy atom. The molecule has 1 fully saturated rings. The summed E-state index contributed by atoms with van der Waals surface area (Å²) >= 11 is 0. The number of alkyl halides is 3. The molecule has 0 radical (unpaired) electrons. The van der Waals surface area contributed by atoms with Gasteiger partial charge in [-0.1, -0.05) is 30.3 Å². The molecule has 2 rings (SSSR count). The van der Waals surface area contributed by atoms with Crippen molar-refractivity contribution in [3.05, 3.63) is 35.9 Å². The number of nitrogens with zero attached hydrogens (tertiary/aromatic N) is 1. The Kier molecular flexibility index (Phi) is 4.10. The number of benzene rings is 1. The van der Waals surface area contributed by atoms with Gasteiger partial charge in [-0.2, -0.15) is 25.9 Å². The van der Waals surface area contributed by atoms with E-state index in [0.29, 0.717) is 5.56 Å². The average molecular weight is 325 g/mol. The molecule has 1 aromatic rings. The van der Waals surface area contributed by atoms with Crippen molar-refractivity contribution in [3.8, 4) is 0 Å². The molecule has 1 atom stereocenters. The first-order valence-corrected chi connectivity index (χ1v) is 7.04. The fraction of sp³-hybridized carbons (Fsp3) is 0.364. The van der Waals surface area contributed by atoms with Crippen LogP contribution < -0.4 is 0 Å². The number of amides is 1. The van der Waals surface area contributed by atoms with E-state index in [0.717, 1.165) is 0 Å². The SMILES string of the molecule is O=C(OCc1ccccc1)N1[C@@H](C(F)(F)F)COS1(=O)=O. The fourth-order valence-electron chi connectivity index (χ4n) is 1.66. The van der Waals surface area contributed by atoms with Crippen LogP contribution in [0.5, 0.6) is 0 Å². The number of ether oxygens (including phenoxy) is 1. The van der Waals surface area contributed by atoms with Gasteiger partial charge in [-0.15, -0.1) is 0 Å². The van der Waals surface area contributed by atoms with Crippen molar-refractivity contribution in [2.45, 2.75) is 18.8 Å². The van der Waals surface area contributed by atoms with Crippen LogP contribution in [0.25, 0.3) is 0 Å². The number of carbonyl (C=O) groups excluding carboxylic acids is 1. The highest BCUT2D eigenvalue weighted by atomic mass is 32.2. The third kappa shape index (κ3) is 3.45. The number of rotatable bonds is 2.